The van der Waals surface area contributed by atoms with E-state index in [0.717, 1.165) is 6.07 Å². The number of hydrogen-bond donors (Lipinski definition) is 2. The van der Waals surface area contributed by atoms with Gasteiger partial charge in [-0.25, -0.2) is 12.8 Å². The van der Waals surface area contributed by atoms with Gasteiger partial charge in [0, 0.05) is 6.07 Å². The molecule has 0 radical (unpaired) electrons. The van der Waals surface area contributed by atoms with E-state index in [-0.39, 0.29) is 21.4 Å². The molecule has 0 aliphatic rings. The third-order valence-electron chi connectivity index (χ3n) is 2.71. The van der Waals surface area contributed by atoms with Gasteiger partial charge in [0.05, 0.1) is 22.7 Å². The minimum absolute atomic E-state index is 0.0408. The molecule has 2 aromatic carbocycles. The number of benzene rings is 2. The quantitative estimate of drug-likeness (QED) is 0.845. The summed E-state index contributed by atoms with van der Waals surface area (Å²) < 4.78 is 45.2. The standard InChI is InChI=1S/C13H12ClFN2O3S/c1-20-12-7-8(5-6-11(12)16)21(18,19)17-13-9(14)3-2-4-10(13)15/h2-7,17H,16H2,1H3. The highest BCUT2D eigenvalue weighted by Crippen LogP contribution is 2.29. The topological polar surface area (TPSA) is 81.4 Å². The lowest BCUT2D eigenvalue weighted by Gasteiger charge is -2.12. The Kier molecular flexibility index (Phi) is 4.24. The summed E-state index contributed by atoms with van der Waals surface area (Å²) in [6.07, 6.45) is 0. The summed E-state index contributed by atoms with van der Waals surface area (Å²) in [5.74, 6) is -0.564. The first-order valence-corrected chi connectivity index (χ1v) is 7.61. The van der Waals surface area contributed by atoms with Gasteiger partial charge in [-0.15, -0.1) is 0 Å². The van der Waals surface area contributed by atoms with Crippen molar-refractivity contribution >= 4 is 33.0 Å². The average Bonchev–Trinajstić information content (AvgIpc) is 2.43. The molecule has 0 saturated carbocycles. The molecule has 8 heteroatoms. The van der Waals surface area contributed by atoms with E-state index in [1.807, 2.05) is 0 Å². The van der Waals surface area contributed by atoms with Crippen LogP contribution in [0, 0.1) is 5.82 Å². The molecule has 0 heterocycles. The fourth-order valence-corrected chi connectivity index (χ4v) is 3.02. The number of nitrogens with one attached hydrogen (secondary N) is 1. The Morgan fingerprint density at radius 2 is 2.00 bits per heavy atom. The maximum Gasteiger partial charge on any atom is 0.262 e. The van der Waals surface area contributed by atoms with Crippen LogP contribution in [0.4, 0.5) is 15.8 Å². The summed E-state index contributed by atoms with van der Waals surface area (Å²) in [6, 6.07) is 7.78. The Labute approximate surface area is 126 Å². The van der Waals surface area contributed by atoms with E-state index in [1.54, 1.807) is 0 Å². The lowest BCUT2D eigenvalue weighted by atomic mass is 10.3. The molecule has 0 spiro atoms. The van der Waals surface area contributed by atoms with Crippen LogP contribution in [-0.2, 0) is 10.0 Å². The highest BCUT2D eigenvalue weighted by molar-refractivity contribution is 7.92. The van der Waals surface area contributed by atoms with Crippen molar-refractivity contribution in [3.63, 3.8) is 0 Å². The smallest absolute Gasteiger partial charge is 0.262 e. The second-order valence-electron chi connectivity index (χ2n) is 4.11. The highest BCUT2D eigenvalue weighted by Gasteiger charge is 2.19. The zero-order valence-electron chi connectivity index (χ0n) is 10.9. The zero-order chi connectivity index (χ0) is 15.6. The van der Waals surface area contributed by atoms with Gasteiger partial charge < -0.3 is 10.5 Å². The molecule has 0 aromatic heterocycles. The lowest BCUT2D eigenvalue weighted by molar-refractivity contribution is 0.415. The van der Waals surface area contributed by atoms with Gasteiger partial charge in [-0.3, -0.25) is 4.72 Å². The minimum Gasteiger partial charge on any atom is -0.495 e. The number of nitrogen functional groups attached to an aromatic ring is 1. The van der Waals surface area contributed by atoms with E-state index in [0.29, 0.717) is 5.69 Å². The van der Waals surface area contributed by atoms with Crippen molar-refractivity contribution in [1.29, 1.82) is 0 Å². The Bertz CT molecular complexity index is 761. The van der Waals surface area contributed by atoms with Gasteiger partial charge in [0.15, 0.2) is 0 Å². The average molecular weight is 331 g/mol. The van der Waals surface area contributed by atoms with Crippen molar-refractivity contribution in [2.75, 3.05) is 17.6 Å². The fourth-order valence-electron chi connectivity index (χ4n) is 1.65. The van der Waals surface area contributed by atoms with Gasteiger partial charge in [-0.05, 0) is 24.3 Å². The third kappa shape index (κ3) is 3.20. The molecular formula is C13H12ClFN2O3S. The molecule has 21 heavy (non-hydrogen) atoms. The van der Waals surface area contributed by atoms with Gasteiger partial charge in [0.2, 0.25) is 0 Å². The number of hydrogen-bond acceptors (Lipinski definition) is 4. The molecule has 0 amide bonds. The second kappa shape index (κ2) is 5.79. The van der Waals surface area contributed by atoms with Crippen LogP contribution in [0.15, 0.2) is 41.3 Å². The molecule has 0 saturated heterocycles. The summed E-state index contributed by atoms with van der Waals surface area (Å²) in [5.41, 5.74) is 5.60. The van der Waals surface area contributed by atoms with E-state index in [9.17, 15) is 12.8 Å². The molecule has 3 N–H and O–H groups in total. The Morgan fingerprint density at radius 1 is 1.29 bits per heavy atom. The molecule has 5 nitrogen and oxygen atoms in total. The van der Waals surface area contributed by atoms with Gasteiger partial charge in [0.1, 0.15) is 17.3 Å². The molecule has 0 aliphatic carbocycles. The van der Waals surface area contributed by atoms with Crippen LogP contribution in [-0.4, -0.2) is 15.5 Å². The lowest BCUT2D eigenvalue weighted by Crippen LogP contribution is -2.14. The van der Waals surface area contributed by atoms with Crippen molar-refractivity contribution in [1.82, 2.24) is 0 Å². The molecule has 0 fully saturated rings. The predicted molar refractivity (Wildman–Crippen MR) is 79.6 cm³/mol. The van der Waals surface area contributed by atoms with Crippen LogP contribution in [0.3, 0.4) is 0 Å². The van der Waals surface area contributed by atoms with E-state index < -0.39 is 15.8 Å². The maximum atomic E-state index is 13.7. The number of nitrogens with two attached hydrogens (primary N) is 1. The van der Waals surface area contributed by atoms with Crippen molar-refractivity contribution in [3.05, 3.63) is 47.2 Å². The molecule has 0 atom stereocenters. The molecule has 0 bridgehead atoms. The monoisotopic (exact) mass is 330 g/mol. The highest BCUT2D eigenvalue weighted by atomic mass is 35.5. The fraction of sp³-hybridized carbons (Fsp3) is 0.0769. The molecule has 0 unspecified atom stereocenters. The van der Waals surface area contributed by atoms with Gasteiger partial charge in [-0.2, -0.15) is 0 Å². The molecular weight excluding hydrogens is 319 g/mol. The van der Waals surface area contributed by atoms with Crippen molar-refractivity contribution in [2.45, 2.75) is 4.90 Å². The number of rotatable bonds is 4. The summed E-state index contributed by atoms with van der Waals surface area (Å²) in [4.78, 5) is -0.118. The molecule has 112 valence electrons. The van der Waals surface area contributed by atoms with Crippen LogP contribution >= 0.6 is 11.6 Å². The van der Waals surface area contributed by atoms with E-state index >= 15 is 0 Å². The van der Waals surface area contributed by atoms with E-state index in [1.165, 1.54) is 37.4 Å². The second-order valence-corrected chi connectivity index (χ2v) is 6.20. The zero-order valence-corrected chi connectivity index (χ0v) is 12.5. The number of sulfonamides is 1. The molecule has 0 aliphatic heterocycles. The van der Waals surface area contributed by atoms with Crippen LogP contribution in [0.2, 0.25) is 5.02 Å². The van der Waals surface area contributed by atoms with Gasteiger partial charge in [-0.1, -0.05) is 17.7 Å². The molecule has 2 aromatic rings. The number of anilines is 2. The first-order valence-electron chi connectivity index (χ1n) is 5.75. The number of methoxy groups -OCH3 is 1. The summed E-state index contributed by atoms with van der Waals surface area (Å²) >= 11 is 5.80. The third-order valence-corrected chi connectivity index (χ3v) is 4.38. The molecule has 2 rings (SSSR count). The van der Waals surface area contributed by atoms with Crippen LogP contribution in [0.5, 0.6) is 5.75 Å². The van der Waals surface area contributed by atoms with Crippen molar-refractivity contribution in [2.24, 2.45) is 0 Å². The summed E-state index contributed by atoms with van der Waals surface area (Å²) in [5, 5.41) is -0.0408. The normalized spacial score (nSPS) is 11.2. The van der Waals surface area contributed by atoms with Crippen molar-refractivity contribution < 1.29 is 17.5 Å². The summed E-state index contributed by atoms with van der Waals surface area (Å²) in [6.45, 7) is 0. The minimum atomic E-state index is -4.02. The van der Waals surface area contributed by atoms with Crippen LogP contribution in [0.25, 0.3) is 0 Å². The number of halogens is 2. The van der Waals surface area contributed by atoms with Crippen molar-refractivity contribution in [3.8, 4) is 5.75 Å². The van der Waals surface area contributed by atoms with E-state index in [2.05, 4.69) is 4.72 Å². The SMILES string of the molecule is COc1cc(S(=O)(=O)Nc2c(F)cccc2Cl)ccc1N. The largest absolute Gasteiger partial charge is 0.495 e. The number of ether oxygens (including phenoxy) is 1. The number of para-hydroxylation sites is 1. The maximum absolute atomic E-state index is 13.7. The first kappa shape index (κ1) is 15.4. The Balaban J connectivity index is 2.44. The predicted octanol–water partition coefficient (Wildman–Crippen LogP) is 2.87. The van der Waals surface area contributed by atoms with Gasteiger partial charge >= 0.3 is 0 Å². The van der Waals surface area contributed by atoms with Gasteiger partial charge in [0.25, 0.3) is 10.0 Å². The first-order chi connectivity index (χ1) is 9.85. The Hall–Kier alpha value is -1.99. The summed E-state index contributed by atoms with van der Waals surface area (Å²) in [7, 11) is -2.65. The Morgan fingerprint density at radius 3 is 2.62 bits per heavy atom. The van der Waals surface area contributed by atoms with E-state index in [4.69, 9.17) is 22.1 Å². The van der Waals surface area contributed by atoms with Crippen LogP contribution < -0.4 is 15.2 Å². The van der Waals surface area contributed by atoms with Crippen LogP contribution in [0.1, 0.15) is 0 Å².